The van der Waals surface area contributed by atoms with Gasteiger partial charge in [0, 0.05) is 25.0 Å². The van der Waals surface area contributed by atoms with Gasteiger partial charge in [-0.2, -0.15) is 8.42 Å². The van der Waals surface area contributed by atoms with Crippen molar-refractivity contribution in [3.05, 3.63) is 54.4 Å². The number of hydrogen-bond acceptors (Lipinski definition) is 4. The van der Waals surface area contributed by atoms with E-state index in [0.717, 1.165) is 5.56 Å². The van der Waals surface area contributed by atoms with E-state index in [0.29, 0.717) is 5.71 Å². The first kappa shape index (κ1) is 13.4. The molecule has 0 aliphatic carbocycles. The summed E-state index contributed by atoms with van der Waals surface area (Å²) in [7, 11) is -1.98. The van der Waals surface area contributed by atoms with Gasteiger partial charge in [0.25, 0.3) is 0 Å². The van der Waals surface area contributed by atoms with Crippen LogP contribution in [0.15, 0.2) is 58.8 Å². The molecule has 5 nitrogen and oxygen atoms in total. The van der Waals surface area contributed by atoms with E-state index in [9.17, 15) is 8.42 Å². The maximum atomic E-state index is 11.8. The molecule has 1 heterocycles. The topological polar surface area (TPSA) is 60.7 Å². The summed E-state index contributed by atoms with van der Waals surface area (Å²) in [5, 5.41) is 3.67. The molecule has 19 heavy (non-hydrogen) atoms. The maximum absolute atomic E-state index is 11.8. The number of oxime groups is 1. The van der Waals surface area contributed by atoms with Gasteiger partial charge in [-0.25, -0.2) is 0 Å². The molecule has 0 amide bonds. The minimum atomic E-state index is -3.85. The van der Waals surface area contributed by atoms with Gasteiger partial charge in [0.1, 0.15) is 4.90 Å². The first-order valence-corrected chi connectivity index (χ1v) is 7.05. The number of nitrogens with zero attached hydrogens (tertiary/aromatic N) is 2. The zero-order valence-electron chi connectivity index (χ0n) is 10.6. The molecule has 0 saturated heterocycles. The largest absolute Gasteiger partial charge is 0.358 e. The third-order valence-electron chi connectivity index (χ3n) is 2.55. The Labute approximate surface area is 112 Å². The van der Waals surface area contributed by atoms with Crippen molar-refractivity contribution in [1.29, 1.82) is 0 Å². The van der Waals surface area contributed by atoms with Gasteiger partial charge < -0.3 is 4.57 Å². The Morgan fingerprint density at radius 2 is 1.89 bits per heavy atom. The molecule has 2 rings (SSSR count). The Hall–Kier alpha value is -2.08. The molecule has 0 atom stereocenters. The van der Waals surface area contributed by atoms with E-state index >= 15 is 0 Å². The fourth-order valence-corrected chi connectivity index (χ4v) is 2.29. The summed E-state index contributed by atoms with van der Waals surface area (Å²) in [5.74, 6) is 0. The summed E-state index contributed by atoms with van der Waals surface area (Å²) in [4.78, 5) is 0.0830. The Morgan fingerprint density at radius 1 is 1.21 bits per heavy atom. The van der Waals surface area contributed by atoms with Crippen molar-refractivity contribution >= 4 is 15.8 Å². The van der Waals surface area contributed by atoms with Crippen molar-refractivity contribution in [1.82, 2.24) is 4.57 Å². The van der Waals surface area contributed by atoms with Crippen LogP contribution in [0.3, 0.4) is 0 Å². The monoisotopic (exact) mass is 278 g/mol. The zero-order chi connectivity index (χ0) is 13.9. The molecular formula is C13H14N2O3S. The molecule has 0 spiro atoms. The van der Waals surface area contributed by atoms with E-state index in [4.69, 9.17) is 4.28 Å². The summed E-state index contributed by atoms with van der Waals surface area (Å²) >= 11 is 0. The average Bonchev–Trinajstić information content (AvgIpc) is 2.84. The molecule has 1 aromatic carbocycles. The van der Waals surface area contributed by atoms with E-state index in [1.165, 1.54) is 12.1 Å². The van der Waals surface area contributed by atoms with E-state index < -0.39 is 10.1 Å². The van der Waals surface area contributed by atoms with Crippen LogP contribution in [0.4, 0.5) is 0 Å². The summed E-state index contributed by atoms with van der Waals surface area (Å²) in [6.07, 6.45) is 3.68. The zero-order valence-corrected chi connectivity index (χ0v) is 11.5. The van der Waals surface area contributed by atoms with E-state index in [1.54, 1.807) is 25.1 Å². The van der Waals surface area contributed by atoms with Gasteiger partial charge in [-0.05, 0) is 25.1 Å². The summed E-state index contributed by atoms with van der Waals surface area (Å²) in [6.45, 7) is 1.69. The normalized spacial score (nSPS) is 12.4. The number of aryl methyl sites for hydroxylation is 1. The van der Waals surface area contributed by atoms with Crippen molar-refractivity contribution in [2.75, 3.05) is 0 Å². The highest BCUT2D eigenvalue weighted by Gasteiger charge is 2.15. The van der Waals surface area contributed by atoms with E-state index in [-0.39, 0.29) is 4.90 Å². The van der Waals surface area contributed by atoms with Crippen molar-refractivity contribution in [2.45, 2.75) is 11.8 Å². The maximum Gasteiger partial charge on any atom is 0.358 e. The minimum Gasteiger partial charge on any atom is -0.357 e. The van der Waals surface area contributed by atoms with Gasteiger partial charge in [-0.3, -0.25) is 4.28 Å². The molecule has 6 heteroatoms. The van der Waals surface area contributed by atoms with E-state index in [1.807, 2.05) is 30.1 Å². The lowest BCUT2D eigenvalue weighted by molar-refractivity contribution is 0.339. The third kappa shape index (κ3) is 3.23. The lowest BCUT2D eigenvalue weighted by Crippen LogP contribution is -2.04. The van der Waals surface area contributed by atoms with Crippen molar-refractivity contribution in [2.24, 2.45) is 12.2 Å². The van der Waals surface area contributed by atoms with Crippen molar-refractivity contribution < 1.29 is 12.7 Å². The molecule has 0 unspecified atom stereocenters. The van der Waals surface area contributed by atoms with Gasteiger partial charge in [0.15, 0.2) is 0 Å². The second kappa shape index (κ2) is 5.27. The molecule has 100 valence electrons. The van der Waals surface area contributed by atoms with Crippen LogP contribution in [0.25, 0.3) is 0 Å². The van der Waals surface area contributed by atoms with Crippen LogP contribution in [0.1, 0.15) is 12.5 Å². The molecule has 0 aliphatic heterocycles. The Bertz CT molecular complexity index is 688. The predicted molar refractivity (Wildman–Crippen MR) is 72.3 cm³/mol. The van der Waals surface area contributed by atoms with Crippen LogP contribution in [-0.2, 0) is 21.4 Å². The van der Waals surface area contributed by atoms with Crippen LogP contribution in [-0.4, -0.2) is 18.7 Å². The molecule has 0 bridgehead atoms. The average molecular weight is 278 g/mol. The van der Waals surface area contributed by atoms with Gasteiger partial charge >= 0.3 is 10.1 Å². The molecular weight excluding hydrogens is 264 g/mol. The smallest absolute Gasteiger partial charge is 0.357 e. The predicted octanol–water partition coefficient (Wildman–Crippen LogP) is 2.15. The van der Waals surface area contributed by atoms with Gasteiger partial charge in [0.2, 0.25) is 0 Å². The molecule has 0 radical (unpaired) electrons. The Kier molecular flexibility index (Phi) is 3.71. The molecule has 0 N–H and O–H groups in total. The number of hydrogen-bond donors (Lipinski definition) is 0. The van der Waals surface area contributed by atoms with Gasteiger partial charge in [-0.1, -0.05) is 23.4 Å². The Morgan fingerprint density at radius 3 is 2.47 bits per heavy atom. The highest BCUT2D eigenvalue weighted by atomic mass is 32.2. The van der Waals surface area contributed by atoms with Crippen molar-refractivity contribution in [3.8, 4) is 0 Å². The van der Waals surface area contributed by atoms with Gasteiger partial charge in [-0.15, -0.1) is 0 Å². The van der Waals surface area contributed by atoms with Crippen LogP contribution in [0, 0.1) is 0 Å². The van der Waals surface area contributed by atoms with Crippen LogP contribution < -0.4 is 0 Å². The number of rotatable bonds is 4. The quantitative estimate of drug-likeness (QED) is 0.636. The fraction of sp³-hybridized carbons (Fsp3) is 0.154. The number of benzene rings is 1. The summed E-state index contributed by atoms with van der Waals surface area (Å²) in [6, 6.07) is 9.74. The molecule has 0 fully saturated rings. The summed E-state index contributed by atoms with van der Waals surface area (Å²) < 4.78 is 30.2. The van der Waals surface area contributed by atoms with Crippen LogP contribution in [0.5, 0.6) is 0 Å². The molecule has 2 aromatic rings. The first-order valence-electron chi connectivity index (χ1n) is 5.65. The minimum absolute atomic E-state index is 0.0830. The van der Waals surface area contributed by atoms with Crippen LogP contribution >= 0.6 is 0 Å². The second-order valence-corrected chi connectivity index (χ2v) is 5.61. The lowest BCUT2D eigenvalue weighted by Gasteiger charge is -2.02. The molecule has 0 aliphatic rings. The fourth-order valence-electron chi connectivity index (χ4n) is 1.51. The van der Waals surface area contributed by atoms with Crippen molar-refractivity contribution in [3.63, 3.8) is 0 Å². The summed E-state index contributed by atoms with van der Waals surface area (Å²) in [5.41, 5.74) is 1.31. The standard InChI is InChI=1S/C13H14N2O3S/c1-11(12-8-9-15(2)10-12)14-18-19(16,17)13-6-4-3-5-7-13/h3-10H,1-2H3. The second-order valence-electron chi connectivity index (χ2n) is 4.08. The molecule has 0 saturated carbocycles. The third-order valence-corrected chi connectivity index (χ3v) is 3.67. The molecule has 1 aromatic heterocycles. The highest BCUT2D eigenvalue weighted by molar-refractivity contribution is 7.86. The Balaban J connectivity index is 2.18. The van der Waals surface area contributed by atoms with Crippen LogP contribution in [0.2, 0.25) is 0 Å². The SMILES string of the molecule is CC(=NOS(=O)(=O)c1ccccc1)c1ccn(C)c1. The van der Waals surface area contributed by atoms with E-state index in [2.05, 4.69) is 5.16 Å². The first-order chi connectivity index (χ1) is 8.99. The number of aromatic nitrogens is 1. The highest BCUT2D eigenvalue weighted by Crippen LogP contribution is 2.12. The van der Waals surface area contributed by atoms with Gasteiger partial charge in [0.05, 0.1) is 5.71 Å². The lowest BCUT2D eigenvalue weighted by atomic mass is 10.2.